The first-order valence-corrected chi connectivity index (χ1v) is 4.49. The summed E-state index contributed by atoms with van der Waals surface area (Å²) < 4.78 is 0. The molecule has 1 nitrogen and oxygen atoms in total. The van der Waals surface area contributed by atoms with E-state index in [0.29, 0.717) is 6.54 Å². The van der Waals surface area contributed by atoms with Crippen LogP contribution < -0.4 is 5.73 Å². The van der Waals surface area contributed by atoms with Crippen molar-refractivity contribution in [1.29, 1.82) is 0 Å². The Balaban J connectivity index is 0. The Morgan fingerprint density at radius 1 is 1.42 bits per heavy atom. The molecular weight excluding hydrogens is 146 g/mol. The van der Waals surface area contributed by atoms with Gasteiger partial charge in [0.2, 0.25) is 0 Å². The Hall–Kier alpha value is -0.820. The van der Waals surface area contributed by atoms with Gasteiger partial charge in [0.25, 0.3) is 0 Å². The van der Waals surface area contributed by atoms with E-state index in [-0.39, 0.29) is 0 Å². The van der Waals surface area contributed by atoms with Gasteiger partial charge in [-0.1, -0.05) is 50.3 Å². The first-order chi connectivity index (χ1) is 5.85. The quantitative estimate of drug-likeness (QED) is 0.640. The topological polar surface area (TPSA) is 26.0 Å². The van der Waals surface area contributed by atoms with Crippen molar-refractivity contribution >= 4 is 0 Å². The minimum atomic E-state index is 0.709. The number of allylic oxidation sites excluding steroid dienone is 4. The van der Waals surface area contributed by atoms with E-state index in [9.17, 15) is 0 Å². The zero-order valence-electron chi connectivity index (χ0n) is 8.51. The van der Waals surface area contributed by atoms with Gasteiger partial charge in [-0.05, 0) is 19.9 Å². The summed E-state index contributed by atoms with van der Waals surface area (Å²) in [5.41, 5.74) is 6.64. The van der Waals surface area contributed by atoms with Gasteiger partial charge >= 0.3 is 0 Å². The molecule has 12 heavy (non-hydrogen) atoms. The normalized spacial score (nSPS) is 10.8. The maximum Gasteiger partial charge on any atom is -0.00368 e. The lowest BCUT2D eigenvalue weighted by atomic mass is 10.1. The molecule has 70 valence electrons. The molecule has 0 saturated heterocycles. The predicted molar refractivity (Wildman–Crippen MR) is 58.1 cm³/mol. The molecule has 0 aromatic heterocycles. The summed E-state index contributed by atoms with van der Waals surface area (Å²) in [5, 5.41) is 0. The van der Waals surface area contributed by atoms with Crippen LogP contribution in [0.4, 0.5) is 0 Å². The van der Waals surface area contributed by atoms with Gasteiger partial charge in [0.1, 0.15) is 0 Å². The average molecular weight is 167 g/mol. The maximum atomic E-state index is 5.38. The lowest BCUT2D eigenvalue weighted by Crippen LogP contribution is -1.98. The molecule has 0 heterocycles. The fourth-order valence-corrected chi connectivity index (χ4v) is 0.682. The van der Waals surface area contributed by atoms with Gasteiger partial charge in [-0.2, -0.15) is 0 Å². The minimum absolute atomic E-state index is 0.709. The van der Waals surface area contributed by atoms with E-state index in [1.807, 2.05) is 32.9 Å². The minimum Gasteiger partial charge on any atom is -0.330 e. The van der Waals surface area contributed by atoms with Gasteiger partial charge in [-0.15, -0.1) is 0 Å². The zero-order valence-corrected chi connectivity index (χ0v) is 8.51. The molecule has 0 amide bonds. The standard InChI is InChI=1S/C9H15N.C2H6/c1-3-5-6-9(4-2)7-8-10;1-2/h3-6H,1,7-8,10H2,2H3;1-2H3/b6-5-,9-4+;. The Kier molecular flexibility index (Phi) is 14.7. The molecule has 0 aromatic rings. The van der Waals surface area contributed by atoms with Crippen LogP contribution >= 0.6 is 0 Å². The van der Waals surface area contributed by atoms with E-state index in [0.717, 1.165) is 6.42 Å². The van der Waals surface area contributed by atoms with Crippen molar-refractivity contribution in [2.75, 3.05) is 6.54 Å². The maximum absolute atomic E-state index is 5.38. The Bertz CT molecular complexity index is 143. The molecule has 0 aliphatic rings. The molecule has 0 aromatic carbocycles. The highest BCUT2D eigenvalue weighted by molar-refractivity contribution is 5.20. The van der Waals surface area contributed by atoms with Crippen molar-refractivity contribution in [3.05, 3.63) is 36.5 Å². The molecule has 0 atom stereocenters. The van der Waals surface area contributed by atoms with Crippen molar-refractivity contribution in [3.63, 3.8) is 0 Å². The van der Waals surface area contributed by atoms with E-state index in [4.69, 9.17) is 5.73 Å². The van der Waals surface area contributed by atoms with Crippen molar-refractivity contribution < 1.29 is 0 Å². The second kappa shape index (κ2) is 12.8. The first kappa shape index (κ1) is 13.7. The number of rotatable bonds is 4. The van der Waals surface area contributed by atoms with Gasteiger partial charge in [-0.3, -0.25) is 0 Å². The molecule has 0 aliphatic carbocycles. The van der Waals surface area contributed by atoms with Gasteiger partial charge in [-0.25, -0.2) is 0 Å². The molecule has 1 heteroatoms. The Morgan fingerprint density at radius 3 is 2.33 bits per heavy atom. The van der Waals surface area contributed by atoms with Gasteiger partial charge in [0.15, 0.2) is 0 Å². The second-order valence-electron chi connectivity index (χ2n) is 2.00. The number of hydrogen-bond acceptors (Lipinski definition) is 1. The first-order valence-electron chi connectivity index (χ1n) is 4.49. The van der Waals surface area contributed by atoms with Crippen LogP contribution in [0.1, 0.15) is 27.2 Å². The molecule has 0 unspecified atom stereocenters. The van der Waals surface area contributed by atoms with Gasteiger partial charge in [0, 0.05) is 0 Å². The van der Waals surface area contributed by atoms with E-state index in [1.54, 1.807) is 6.08 Å². The molecule has 0 fully saturated rings. The SMILES string of the molecule is C=C/C=C\C(=C/C)CCN.CC. The van der Waals surface area contributed by atoms with Crippen LogP contribution in [0.15, 0.2) is 36.5 Å². The van der Waals surface area contributed by atoms with Gasteiger partial charge < -0.3 is 5.73 Å². The van der Waals surface area contributed by atoms with Crippen molar-refractivity contribution in [3.8, 4) is 0 Å². The Morgan fingerprint density at radius 2 is 2.00 bits per heavy atom. The van der Waals surface area contributed by atoms with E-state index in [1.165, 1.54) is 5.57 Å². The van der Waals surface area contributed by atoms with E-state index in [2.05, 4.69) is 12.7 Å². The largest absolute Gasteiger partial charge is 0.330 e. The summed E-state index contributed by atoms with van der Waals surface area (Å²) in [6, 6.07) is 0. The predicted octanol–water partition coefficient (Wildman–Crippen LogP) is 3.05. The van der Waals surface area contributed by atoms with E-state index >= 15 is 0 Å². The molecule has 0 radical (unpaired) electrons. The molecule has 0 saturated carbocycles. The monoisotopic (exact) mass is 167 g/mol. The summed E-state index contributed by atoms with van der Waals surface area (Å²) >= 11 is 0. The number of nitrogens with two attached hydrogens (primary N) is 1. The molecule has 0 spiro atoms. The molecule has 0 bridgehead atoms. The van der Waals surface area contributed by atoms with Crippen LogP contribution in [0.5, 0.6) is 0 Å². The molecule has 2 N–H and O–H groups in total. The highest BCUT2D eigenvalue weighted by atomic mass is 14.5. The summed E-state index contributed by atoms with van der Waals surface area (Å²) in [6.07, 6.45) is 8.72. The third-order valence-electron chi connectivity index (χ3n) is 1.25. The van der Waals surface area contributed by atoms with Crippen molar-refractivity contribution in [2.24, 2.45) is 5.73 Å². The molecule has 0 aliphatic heterocycles. The lowest BCUT2D eigenvalue weighted by molar-refractivity contribution is 0.971. The average Bonchev–Trinajstić information content (AvgIpc) is 2.15. The lowest BCUT2D eigenvalue weighted by Gasteiger charge is -1.95. The Labute approximate surface area is 76.7 Å². The third-order valence-corrected chi connectivity index (χ3v) is 1.25. The third kappa shape index (κ3) is 9.18. The summed E-state index contributed by atoms with van der Waals surface area (Å²) in [7, 11) is 0. The van der Waals surface area contributed by atoms with Crippen molar-refractivity contribution in [2.45, 2.75) is 27.2 Å². The summed E-state index contributed by atoms with van der Waals surface area (Å²) in [4.78, 5) is 0. The van der Waals surface area contributed by atoms with Crippen LogP contribution in [-0.2, 0) is 0 Å². The van der Waals surface area contributed by atoms with Crippen LogP contribution in [-0.4, -0.2) is 6.54 Å². The van der Waals surface area contributed by atoms with Crippen LogP contribution in [0.25, 0.3) is 0 Å². The molecular formula is C11H21N. The number of hydrogen-bond donors (Lipinski definition) is 1. The second-order valence-corrected chi connectivity index (χ2v) is 2.00. The fourth-order valence-electron chi connectivity index (χ4n) is 0.682. The summed E-state index contributed by atoms with van der Waals surface area (Å²) in [6.45, 7) is 10.3. The van der Waals surface area contributed by atoms with Crippen molar-refractivity contribution in [1.82, 2.24) is 0 Å². The van der Waals surface area contributed by atoms with E-state index < -0.39 is 0 Å². The smallest absolute Gasteiger partial charge is 0.00368 e. The van der Waals surface area contributed by atoms with Gasteiger partial charge in [0.05, 0.1) is 0 Å². The highest BCUT2D eigenvalue weighted by Gasteiger charge is 1.85. The van der Waals surface area contributed by atoms with Crippen LogP contribution in [0.2, 0.25) is 0 Å². The molecule has 0 rings (SSSR count). The zero-order chi connectivity index (χ0) is 9.82. The van der Waals surface area contributed by atoms with Crippen LogP contribution in [0.3, 0.4) is 0 Å². The fraction of sp³-hybridized carbons (Fsp3) is 0.455. The highest BCUT2D eigenvalue weighted by Crippen LogP contribution is 2.00. The van der Waals surface area contributed by atoms with Crippen LogP contribution in [0, 0.1) is 0 Å². The summed E-state index contributed by atoms with van der Waals surface area (Å²) in [5.74, 6) is 0.